The van der Waals surface area contributed by atoms with Gasteiger partial charge in [0.2, 0.25) is 0 Å². The molecule has 8 nitrogen and oxygen atoms in total. The lowest BCUT2D eigenvalue weighted by Crippen LogP contribution is -2.47. The molecule has 5 rings (SSSR count). The number of aromatic nitrogens is 4. The molecule has 0 saturated carbocycles. The van der Waals surface area contributed by atoms with E-state index in [1.54, 1.807) is 18.4 Å². The number of ether oxygens (including phenoxy) is 1. The first kappa shape index (κ1) is 20.7. The first-order chi connectivity index (χ1) is 15.6. The van der Waals surface area contributed by atoms with E-state index >= 15 is 0 Å². The predicted octanol–water partition coefficient (Wildman–Crippen LogP) is 3.46. The summed E-state index contributed by atoms with van der Waals surface area (Å²) in [5.41, 5.74) is 10.3. The van der Waals surface area contributed by atoms with E-state index in [9.17, 15) is 0 Å². The zero-order chi connectivity index (χ0) is 22.2. The van der Waals surface area contributed by atoms with Gasteiger partial charge in [-0.3, -0.25) is 4.68 Å². The van der Waals surface area contributed by atoms with Crippen LogP contribution in [0.5, 0.6) is 0 Å². The van der Waals surface area contributed by atoms with Crippen molar-refractivity contribution in [3.05, 3.63) is 47.2 Å². The van der Waals surface area contributed by atoms with Gasteiger partial charge in [-0.05, 0) is 12.5 Å². The third kappa shape index (κ3) is 3.57. The Morgan fingerprint density at radius 3 is 2.44 bits per heavy atom. The molecule has 1 fully saturated rings. The van der Waals surface area contributed by atoms with Crippen LogP contribution in [0.15, 0.2) is 35.7 Å². The van der Waals surface area contributed by atoms with Gasteiger partial charge in [0.15, 0.2) is 11.6 Å². The number of aryl methyl sites for hydroxylation is 2. The smallest absolute Gasteiger partial charge is 0.158 e. The van der Waals surface area contributed by atoms with Gasteiger partial charge in [0, 0.05) is 51.3 Å². The molecule has 2 N–H and O–H groups in total. The number of thiophene rings is 1. The van der Waals surface area contributed by atoms with E-state index in [0.717, 1.165) is 59.4 Å². The molecule has 0 atom stereocenters. The maximum atomic E-state index is 6.31. The highest BCUT2D eigenvalue weighted by molar-refractivity contribution is 7.17. The molecular formula is C23H27N7OS. The van der Waals surface area contributed by atoms with Crippen LogP contribution < -0.4 is 15.5 Å². The average molecular weight is 450 g/mol. The lowest BCUT2D eigenvalue weighted by Gasteiger charge is -2.37. The summed E-state index contributed by atoms with van der Waals surface area (Å²) in [6.45, 7) is 5.72. The van der Waals surface area contributed by atoms with Gasteiger partial charge in [0.1, 0.15) is 17.3 Å². The van der Waals surface area contributed by atoms with Crippen molar-refractivity contribution in [1.29, 1.82) is 0 Å². The number of hydrogen-bond donors (Lipinski definition) is 1. The van der Waals surface area contributed by atoms with Crippen LogP contribution in [0.1, 0.15) is 11.5 Å². The maximum absolute atomic E-state index is 6.31. The van der Waals surface area contributed by atoms with Crippen LogP contribution in [0.25, 0.3) is 21.3 Å². The minimum Gasteiger partial charge on any atom is -0.394 e. The van der Waals surface area contributed by atoms with E-state index in [1.165, 1.54) is 11.1 Å². The Labute approximate surface area is 191 Å². The van der Waals surface area contributed by atoms with Crippen LogP contribution in [0, 0.1) is 6.92 Å². The number of nitrogens with two attached hydrogens (primary N) is 1. The number of nitrogen functional groups attached to an aromatic ring is 1. The van der Waals surface area contributed by atoms with Crippen LogP contribution in [0.4, 0.5) is 17.3 Å². The molecule has 4 heterocycles. The summed E-state index contributed by atoms with van der Waals surface area (Å²) in [5, 5.41) is 7.78. The summed E-state index contributed by atoms with van der Waals surface area (Å²) in [6.07, 6.45) is 0. The van der Waals surface area contributed by atoms with Crippen LogP contribution >= 0.6 is 11.3 Å². The molecule has 166 valence electrons. The fourth-order valence-electron chi connectivity index (χ4n) is 4.39. The van der Waals surface area contributed by atoms with E-state index in [4.69, 9.17) is 20.4 Å². The minimum absolute atomic E-state index is 0.395. The molecule has 3 aromatic heterocycles. The normalized spacial score (nSPS) is 14.5. The zero-order valence-electron chi connectivity index (χ0n) is 18.6. The lowest BCUT2D eigenvalue weighted by atomic mass is 10.1. The Hall–Kier alpha value is -3.17. The fourth-order valence-corrected chi connectivity index (χ4v) is 5.35. The summed E-state index contributed by atoms with van der Waals surface area (Å²) in [5.74, 6) is 2.69. The largest absolute Gasteiger partial charge is 0.394 e. The second kappa shape index (κ2) is 8.40. The number of piperazine rings is 1. The summed E-state index contributed by atoms with van der Waals surface area (Å²) in [6, 6.07) is 10.5. The molecule has 0 bridgehead atoms. The zero-order valence-corrected chi connectivity index (χ0v) is 19.4. The predicted molar refractivity (Wildman–Crippen MR) is 130 cm³/mol. The summed E-state index contributed by atoms with van der Waals surface area (Å²) < 4.78 is 7.22. The molecule has 1 saturated heterocycles. The van der Waals surface area contributed by atoms with Gasteiger partial charge in [-0.2, -0.15) is 5.10 Å². The van der Waals surface area contributed by atoms with Crippen LogP contribution in [0.3, 0.4) is 0 Å². The molecule has 9 heteroatoms. The Kier molecular flexibility index (Phi) is 5.44. The van der Waals surface area contributed by atoms with Crippen LogP contribution in [-0.2, 0) is 18.4 Å². The van der Waals surface area contributed by atoms with E-state index in [-0.39, 0.29) is 0 Å². The van der Waals surface area contributed by atoms with Crippen molar-refractivity contribution in [3.8, 4) is 11.1 Å². The highest BCUT2D eigenvalue weighted by Gasteiger charge is 2.26. The summed E-state index contributed by atoms with van der Waals surface area (Å²) in [4.78, 5) is 15.4. The molecular weight excluding hydrogens is 422 g/mol. The topological polar surface area (TPSA) is 85.3 Å². The molecule has 1 aromatic carbocycles. The van der Waals surface area contributed by atoms with Crippen molar-refractivity contribution < 1.29 is 4.74 Å². The van der Waals surface area contributed by atoms with Crippen molar-refractivity contribution in [3.63, 3.8) is 0 Å². The molecule has 0 amide bonds. The quantitative estimate of drug-likeness (QED) is 0.499. The van der Waals surface area contributed by atoms with Crippen molar-refractivity contribution in [2.24, 2.45) is 7.05 Å². The average Bonchev–Trinajstić information content (AvgIpc) is 3.34. The first-order valence-electron chi connectivity index (χ1n) is 10.7. The van der Waals surface area contributed by atoms with Gasteiger partial charge >= 0.3 is 0 Å². The van der Waals surface area contributed by atoms with Gasteiger partial charge < -0.3 is 20.3 Å². The van der Waals surface area contributed by atoms with E-state index in [0.29, 0.717) is 12.4 Å². The highest BCUT2D eigenvalue weighted by atomic mass is 32.1. The van der Waals surface area contributed by atoms with Crippen LogP contribution in [0.2, 0.25) is 0 Å². The maximum Gasteiger partial charge on any atom is 0.158 e. The molecule has 32 heavy (non-hydrogen) atoms. The monoisotopic (exact) mass is 449 g/mol. The van der Waals surface area contributed by atoms with Crippen LogP contribution in [-0.4, -0.2) is 53.0 Å². The second-order valence-corrected chi connectivity index (χ2v) is 8.87. The van der Waals surface area contributed by atoms with Crippen molar-refractivity contribution in [2.45, 2.75) is 13.5 Å². The fraction of sp³-hybridized carbons (Fsp3) is 0.348. The number of fused-ring (bicyclic) bond motifs is 1. The van der Waals surface area contributed by atoms with Gasteiger partial charge in [-0.25, -0.2) is 9.97 Å². The molecule has 0 unspecified atom stereocenters. The molecule has 0 spiro atoms. The Bertz CT molecular complexity index is 1240. The molecule has 4 aromatic rings. The van der Waals surface area contributed by atoms with Crippen molar-refractivity contribution >= 4 is 38.9 Å². The van der Waals surface area contributed by atoms with E-state index in [1.807, 2.05) is 24.7 Å². The number of nitrogens with zero attached hydrogens (tertiary/aromatic N) is 6. The molecule has 1 aliphatic rings. The standard InChI is InChI=1S/C23H27N7OS/c1-15-20(24)23(28(2)27-15)30-11-9-29(10-12-30)21-19-17(16-7-5-4-6-8-16)14-32-22(19)26-18(25-21)13-31-3/h4-8,14H,9-13,24H2,1-3H3. The van der Waals surface area contributed by atoms with Crippen molar-refractivity contribution in [2.75, 3.05) is 48.8 Å². The minimum atomic E-state index is 0.395. The van der Waals surface area contributed by atoms with Gasteiger partial charge in [-0.1, -0.05) is 30.3 Å². The van der Waals surface area contributed by atoms with Gasteiger partial charge in [0.05, 0.1) is 16.8 Å². The highest BCUT2D eigenvalue weighted by Crippen LogP contribution is 2.39. The Morgan fingerprint density at radius 1 is 1.06 bits per heavy atom. The third-order valence-corrected chi connectivity index (χ3v) is 6.81. The lowest BCUT2D eigenvalue weighted by molar-refractivity contribution is 0.178. The molecule has 1 aliphatic heterocycles. The molecule has 0 aliphatic carbocycles. The third-order valence-electron chi connectivity index (χ3n) is 5.93. The number of anilines is 3. The number of rotatable bonds is 5. The first-order valence-corrected chi connectivity index (χ1v) is 11.6. The number of benzene rings is 1. The summed E-state index contributed by atoms with van der Waals surface area (Å²) >= 11 is 1.66. The molecule has 0 radical (unpaired) electrons. The van der Waals surface area contributed by atoms with E-state index in [2.05, 4.69) is 44.5 Å². The Balaban J connectivity index is 1.51. The summed E-state index contributed by atoms with van der Waals surface area (Å²) in [7, 11) is 3.63. The second-order valence-electron chi connectivity index (χ2n) is 8.01. The SMILES string of the molecule is COCc1nc(N2CCN(c3c(N)c(C)nn3C)CC2)c2c(-c3ccccc3)csc2n1. The van der Waals surface area contributed by atoms with Crippen molar-refractivity contribution in [1.82, 2.24) is 19.7 Å². The van der Waals surface area contributed by atoms with E-state index < -0.39 is 0 Å². The number of methoxy groups -OCH3 is 1. The number of hydrogen-bond acceptors (Lipinski definition) is 8. The Morgan fingerprint density at radius 2 is 1.78 bits per heavy atom. The van der Waals surface area contributed by atoms with Gasteiger partial charge in [-0.15, -0.1) is 11.3 Å². The van der Waals surface area contributed by atoms with Gasteiger partial charge in [0.25, 0.3) is 0 Å².